The van der Waals surface area contributed by atoms with Gasteiger partial charge in [0.15, 0.2) is 20.2 Å². The molecule has 190 valence electrons. The van der Waals surface area contributed by atoms with Gasteiger partial charge in [0.25, 0.3) is 0 Å². The Bertz CT molecular complexity index is 679. The maximum absolute atomic E-state index is 12.0. The molecule has 0 radical (unpaired) electrons. The van der Waals surface area contributed by atoms with Crippen LogP contribution in [0.25, 0.3) is 0 Å². The number of hydrogen-bond donors (Lipinski definition) is 1. The van der Waals surface area contributed by atoms with Crippen LogP contribution in [-0.4, -0.2) is 56.7 Å². The van der Waals surface area contributed by atoms with Crippen LogP contribution < -0.4 is 0 Å². The van der Waals surface area contributed by atoms with Crippen molar-refractivity contribution in [3.05, 3.63) is 24.8 Å². The molecule has 1 heterocycles. The standard InChI is InChI=1S/C26H46O6Si/c1-9-13-19-20(18-30-33(7,8)25(3,4)5)21(31-23-14-11-12-16-29-23)17-22(19)32-26(6,15-10-2)24(27)28/h9-10,13,19-23H,2,11-12,14-18H2,1,3-8H3,(H,27,28)/t19-,20-,21-,22+,23?,26-/m1/s1. The first kappa shape index (κ1) is 28.2. The molecular formula is C26H46O6Si. The SMILES string of the molecule is C=CC[C@@](C)(O[C@H]1C[C@@H](OC2CCCCO2)[C@H](CO[Si](C)(C)C(C)(C)C)[C@H]1C=CC)C(=O)O. The highest BCUT2D eigenvalue weighted by atomic mass is 28.4. The first-order valence-corrected chi connectivity index (χ1v) is 15.3. The van der Waals surface area contributed by atoms with E-state index in [2.05, 4.69) is 46.5 Å². The number of carbonyl (C=O) groups is 1. The van der Waals surface area contributed by atoms with Crippen molar-refractivity contribution in [1.82, 2.24) is 0 Å². The van der Waals surface area contributed by atoms with Crippen molar-refractivity contribution in [2.45, 2.75) is 109 Å². The molecule has 7 heteroatoms. The van der Waals surface area contributed by atoms with Crippen molar-refractivity contribution in [2.24, 2.45) is 11.8 Å². The zero-order valence-electron chi connectivity index (χ0n) is 21.8. The van der Waals surface area contributed by atoms with Gasteiger partial charge in [-0.05, 0) is 51.2 Å². The average Bonchev–Trinajstić information content (AvgIpc) is 3.02. The fourth-order valence-corrected chi connectivity index (χ4v) is 5.45. The molecule has 0 aromatic carbocycles. The molecule has 2 fully saturated rings. The molecule has 2 aliphatic rings. The fourth-order valence-electron chi connectivity index (χ4n) is 4.40. The predicted octanol–water partition coefficient (Wildman–Crippen LogP) is 5.94. The summed E-state index contributed by atoms with van der Waals surface area (Å²) in [4.78, 5) is 12.0. The molecule has 2 rings (SSSR count). The summed E-state index contributed by atoms with van der Waals surface area (Å²) in [5.74, 6) is -0.917. The first-order valence-electron chi connectivity index (χ1n) is 12.4. The van der Waals surface area contributed by atoms with Crippen molar-refractivity contribution in [1.29, 1.82) is 0 Å². The van der Waals surface area contributed by atoms with E-state index in [9.17, 15) is 9.90 Å². The van der Waals surface area contributed by atoms with E-state index in [-0.39, 0.29) is 41.8 Å². The Labute approximate surface area is 201 Å². The Morgan fingerprint density at radius 2 is 1.91 bits per heavy atom. The summed E-state index contributed by atoms with van der Waals surface area (Å²) in [6.45, 7) is 19.9. The molecule has 0 spiro atoms. The normalized spacial score (nSPS) is 30.9. The van der Waals surface area contributed by atoms with Gasteiger partial charge in [-0.3, -0.25) is 0 Å². The first-order chi connectivity index (χ1) is 15.3. The second-order valence-corrected chi connectivity index (χ2v) is 16.0. The Balaban J connectivity index is 2.30. The Hall–Kier alpha value is -0.993. The third kappa shape index (κ3) is 7.25. The molecule has 6 atom stereocenters. The number of rotatable bonds is 11. The number of ether oxygens (including phenoxy) is 3. The second-order valence-electron chi connectivity index (χ2n) is 11.2. The summed E-state index contributed by atoms with van der Waals surface area (Å²) in [7, 11) is -1.97. The zero-order chi connectivity index (χ0) is 24.9. The molecule has 1 aliphatic heterocycles. The van der Waals surface area contributed by atoms with E-state index in [1.165, 1.54) is 0 Å². The number of allylic oxidation sites excluding steroid dienone is 1. The van der Waals surface area contributed by atoms with Gasteiger partial charge in [0, 0.05) is 37.9 Å². The van der Waals surface area contributed by atoms with Crippen LogP contribution in [0.4, 0.5) is 0 Å². The number of hydrogen-bond acceptors (Lipinski definition) is 5. The lowest BCUT2D eigenvalue weighted by Crippen LogP contribution is -2.44. The molecule has 1 saturated carbocycles. The van der Waals surface area contributed by atoms with E-state index in [0.29, 0.717) is 13.0 Å². The van der Waals surface area contributed by atoms with E-state index < -0.39 is 19.9 Å². The molecule has 0 amide bonds. The van der Waals surface area contributed by atoms with Gasteiger partial charge >= 0.3 is 5.97 Å². The molecule has 1 aliphatic carbocycles. The predicted molar refractivity (Wildman–Crippen MR) is 134 cm³/mol. The van der Waals surface area contributed by atoms with Crippen LogP contribution in [-0.2, 0) is 23.4 Å². The molecule has 1 unspecified atom stereocenters. The van der Waals surface area contributed by atoms with Crippen molar-refractivity contribution >= 4 is 14.3 Å². The molecule has 1 N–H and O–H groups in total. The third-order valence-corrected chi connectivity index (χ3v) is 12.1. The third-order valence-electron chi connectivity index (χ3n) is 7.59. The van der Waals surface area contributed by atoms with Crippen LogP contribution in [0.3, 0.4) is 0 Å². The maximum Gasteiger partial charge on any atom is 0.336 e. The van der Waals surface area contributed by atoms with Gasteiger partial charge in [-0.15, -0.1) is 6.58 Å². The lowest BCUT2D eigenvalue weighted by Gasteiger charge is -2.38. The van der Waals surface area contributed by atoms with Gasteiger partial charge in [0.05, 0.1) is 12.2 Å². The molecule has 1 saturated heterocycles. The second kappa shape index (κ2) is 11.6. The molecule has 0 aromatic heterocycles. The van der Waals surface area contributed by atoms with Gasteiger partial charge in [0.2, 0.25) is 0 Å². The van der Waals surface area contributed by atoms with Crippen molar-refractivity contribution in [2.75, 3.05) is 13.2 Å². The van der Waals surface area contributed by atoms with Gasteiger partial charge in [-0.2, -0.15) is 0 Å². The van der Waals surface area contributed by atoms with E-state index in [1.54, 1.807) is 13.0 Å². The van der Waals surface area contributed by atoms with Crippen molar-refractivity contribution in [3.8, 4) is 0 Å². The minimum Gasteiger partial charge on any atom is -0.479 e. The summed E-state index contributed by atoms with van der Waals surface area (Å²) in [6.07, 6.45) is 9.02. The molecule has 33 heavy (non-hydrogen) atoms. The van der Waals surface area contributed by atoms with Gasteiger partial charge in [0.1, 0.15) is 0 Å². The summed E-state index contributed by atoms with van der Waals surface area (Å²) in [5, 5.41) is 9.97. The van der Waals surface area contributed by atoms with Crippen LogP contribution in [0.2, 0.25) is 18.1 Å². The van der Waals surface area contributed by atoms with E-state index in [0.717, 1.165) is 25.9 Å². The zero-order valence-corrected chi connectivity index (χ0v) is 22.8. The van der Waals surface area contributed by atoms with Crippen molar-refractivity contribution in [3.63, 3.8) is 0 Å². The molecular weight excluding hydrogens is 436 g/mol. The number of aliphatic carboxylic acids is 1. The van der Waals surface area contributed by atoms with Gasteiger partial charge in [-0.1, -0.05) is 39.0 Å². The van der Waals surface area contributed by atoms with Crippen LogP contribution in [0.1, 0.15) is 66.7 Å². The van der Waals surface area contributed by atoms with Crippen LogP contribution in [0, 0.1) is 11.8 Å². The molecule has 0 bridgehead atoms. The Kier molecular flexibility index (Phi) is 9.95. The van der Waals surface area contributed by atoms with E-state index >= 15 is 0 Å². The van der Waals surface area contributed by atoms with E-state index in [1.807, 2.05) is 13.0 Å². The van der Waals surface area contributed by atoms with Crippen molar-refractivity contribution < 1.29 is 28.5 Å². The average molecular weight is 483 g/mol. The highest BCUT2D eigenvalue weighted by Crippen LogP contribution is 2.43. The quantitative estimate of drug-likeness (QED) is 0.290. The largest absolute Gasteiger partial charge is 0.479 e. The van der Waals surface area contributed by atoms with E-state index in [4.69, 9.17) is 18.6 Å². The minimum atomic E-state index is -1.97. The van der Waals surface area contributed by atoms with Crippen LogP contribution in [0.15, 0.2) is 24.8 Å². The van der Waals surface area contributed by atoms with Gasteiger partial charge < -0.3 is 23.7 Å². The maximum atomic E-state index is 12.0. The van der Waals surface area contributed by atoms with Gasteiger partial charge in [-0.25, -0.2) is 4.79 Å². The van der Waals surface area contributed by atoms with Crippen LogP contribution >= 0.6 is 0 Å². The highest BCUT2D eigenvalue weighted by molar-refractivity contribution is 6.74. The Morgan fingerprint density at radius 1 is 1.21 bits per heavy atom. The summed E-state index contributed by atoms with van der Waals surface area (Å²) in [5.41, 5.74) is -1.33. The lowest BCUT2D eigenvalue weighted by atomic mass is 9.93. The smallest absolute Gasteiger partial charge is 0.336 e. The summed E-state index contributed by atoms with van der Waals surface area (Å²) < 4.78 is 25.3. The molecule has 0 aromatic rings. The number of carboxylic acids is 1. The topological polar surface area (TPSA) is 74.2 Å². The summed E-state index contributed by atoms with van der Waals surface area (Å²) >= 11 is 0. The Morgan fingerprint density at radius 3 is 2.42 bits per heavy atom. The monoisotopic (exact) mass is 482 g/mol. The number of carboxylic acid groups (broad SMARTS) is 1. The highest BCUT2D eigenvalue weighted by Gasteiger charge is 2.49. The molecule has 6 nitrogen and oxygen atoms in total. The lowest BCUT2D eigenvalue weighted by molar-refractivity contribution is -0.198. The minimum absolute atomic E-state index is 0.00292. The fraction of sp³-hybridized carbons (Fsp3) is 0.808. The van der Waals surface area contributed by atoms with Crippen LogP contribution in [0.5, 0.6) is 0 Å². The summed E-state index contributed by atoms with van der Waals surface area (Å²) in [6, 6.07) is 0.